The van der Waals surface area contributed by atoms with Crippen LogP contribution >= 0.6 is 11.8 Å². The zero-order chi connectivity index (χ0) is 7.82. The monoisotopic (exact) mass is 267 g/mol. The predicted molar refractivity (Wildman–Crippen MR) is 51.8 cm³/mol. The van der Waals surface area contributed by atoms with Crippen molar-refractivity contribution in [2.75, 3.05) is 9.52 Å². The van der Waals surface area contributed by atoms with Gasteiger partial charge in [-0.15, -0.1) is 0 Å². The van der Waals surface area contributed by atoms with Gasteiger partial charge in [0.2, 0.25) is 0 Å². The summed E-state index contributed by atoms with van der Waals surface area (Å²) in [6.07, 6.45) is 1.26. The molecule has 0 aromatic carbocycles. The summed E-state index contributed by atoms with van der Waals surface area (Å²) < 4.78 is 2.95. The molecule has 2 N–H and O–H groups in total. The van der Waals surface area contributed by atoms with E-state index in [1.807, 2.05) is 0 Å². The van der Waals surface area contributed by atoms with Crippen molar-refractivity contribution in [2.45, 2.75) is 30.7 Å². The number of nitrogens with two attached hydrogens (primary N) is 1. The average Bonchev–Trinajstić information content (AvgIpc) is 1.87. The van der Waals surface area contributed by atoms with Crippen LogP contribution in [-0.2, 0) is 0 Å². The minimum atomic E-state index is -0.00433. The summed E-state index contributed by atoms with van der Waals surface area (Å²) in [7, 11) is 0. The van der Waals surface area contributed by atoms with E-state index in [-0.39, 0.29) is 21.1 Å². The van der Waals surface area contributed by atoms with E-state index < -0.39 is 0 Å². The second-order valence-electron chi connectivity index (χ2n) is 2.40. The van der Waals surface area contributed by atoms with Crippen molar-refractivity contribution in [3.05, 3.63) is 0 Å². The van der Waals surface area contributed by atoms with Crippen LogP contribution in [0.5, 0.6) is 0 Å². The first-order valence-electron chi connectivity index (χ1n) is 3.81. The summed E-state index contributed by atoms with van der Waals surface area (Å²) in [6.45, 7) is 4.34. The van der Waals surface area contributed by atoms with Gasteiger partial charge in [-0.3, -0.25) is 0 Å². The molecule has 0 aromatic heterocycles. The van der Waals surface area contributed by atoms with Gasteiger partial charge in [0.1, 0.15) is 0 Å². The van der Waals surface area contributed by atoms with E-state index in [0.717, 1.165) is 0 Å². The second kappa shape index (κ2) is 8.21. The summed E-state index contributed by atoms with van der Waals surface area (Å²) in [5, 5.41) is 0. The Morgan fingerprint density at radius 1 is 1.60 bits per heavy atom. The SMILES string of the molecule is CCS[CH2][Sn][CH2]CC(C)N. The van der Waals surface area contributed by atoms with Crippen LogP contribution in [0.25, 0.3) is 0 Å². The Morgan fingerprint density at radius 2 is 2.30 bits per heavy atom. The van der Waals surface area contributed by atoms with Crippen molar-refractivity contribution in [1.82, 2.24) is 0 Å². The van der Waals surface area contributed by atoms with Crippen molar-refractivity contribution in [3.8, 4) is 0 Å². The molecule has 3 heteroatoms. The van der Waals surface area contributed by atoms with Crippen molar-refractivity contribution in [2.24, 2.45) is 5.73 Å². The molecule has 0 rings (SSSR count). The molecule has 2 radical (unpaired) electrons. The Hall–Kier alpha value is 1.11. The summed E-state index contributed by atoms with van der Waals surface area (Å²) in [5.41, 5.74) is 5.63. The molecule has 1 atom stereocenters. The molecule has 0 bridgehead atoms. The number of thioether (sulfide) groups is 1. The fourth-order valence-electron chi connectivity index (χ4n) is 0.576. The molecule has 0 aliphatic carbocycles. The third-order valence-corrected chi connectivity index (χ3v) is 7.33. The molecule has 0 spiro atoms. The van der Waals surface area contributed by atoms with Crippen molar-refractivity contribution < 1.29 is 0 Å². The van der Waals surface area contributed by atoms with Crippen LogP contribution < -0.4 is 5.73 Å². The van der Waals surface area contributed by atoms with E-state index in [0.29, 0.717) is 6.04 Å². The van der Waals surface area contributed by atoms with Crippen LogP contribution in [0.2, 0.25) is 4.44 Å². The van der Waals surface area contributed by atoms with Crippen molar-refractivity contribution >= 4 is 32.9 Å². The Balaban J connectivity index is 2.77. The third kappa shape index (κ3) is 9.11. The minimum absolute atomic E-state index is 0.00433. The Bertz CT molecular complexity index is 68.6. The van der Waals surface area contributed by atoms with E-state index in [9.17, 15) is 0 Å². The zero-order valence-electron chi connectivity index (χ0n) is 6.89. The van der Waals surface area contributed by atoms with Gasteiger partial charge < -0.3 is 0 Å². The Morgan fingerprint density at radius 3 is 2.80 bits per heavy atom. The molecular formula is C7H17NSSn. The van der Waals surface area contributed by atoms with E-state index in [2.05, 4.69) is 25.6 Å². The Kier molecular flexibility index (Phi) is 9.12. The third-order valence-electron chi connectivity index (χ3n) is 1.18. The molecule has 0 aliphatic rings. The van der Waals surface area contributed by atoms with E-state index in [1.54, 1.807) is 0 Å². The molecule has 60 valence electrons. The second-order valence-corrected chi connectivity index (χ2v) is 9.00. The van der Waals surface area contributed by atoms with E-state index >= 15 is 0 Å². The molecule has 0 saturated carbocycles. The fraction of sp³-hybridized carbons (Fsp3) is 1.00. The van der Waals surface area contributed by atoms with Crippen LogP contribution in [0.15, 0.2) is 0 Å². The van der Waals surface area contributed by atoms with Crippen molar-refractivity contribution in [1.29, 1.82) is 0 Å². The molecule has 0 amide bonds. The van der Waals surface area contributed by atoms with Gasteiger partial charge in [-0.2, -0.15) is 0 Å². The molecule has 0 aromatic rings. The molecule has 1 unspecified atom stereocenters. The van der Waals surface area contributed by atoms with Crippen LogP contribution in [0.3, 0.4) is 0 Å². The maximum atomic E-state index is 5.63. The van der Waals surface area contributed by atoms with Gasteiger partial charge in [0, 0.05) is 0 Å². The van der Waals surface area contributed by atoms with Crippen LogP contribution in [-0.4, -0.2) is 36.7 Å². The standard InChI is InChI=1S/C4H10N.C3H7S.Sn/c1-3-4(2)5;1-3-4-2;/h4H,1,3,5H2,2H3;2-3H2,1H3;. The first kappa shape index (κ1) is 11.1. The molecule has 0 fully saturated rings. The molecular weight excluding hydrogens is 249 g/mol. The zero-order valence-corrected chi connectivity index (χ0v) is 10.6. The summed E-state index contributed by atoms with van der Waals surface area (Å²) >= 11 is 2.09. The van der Waals surface area contributed by atoms with Crippen LogP contribution in [0.4, 0.5) is 0 Å². The first-order valence-corrected chi connectivity index (χ1v) is 9.00. The molecule has 1 nitrogen and oxygen atoms in total. The predicted octanol–water partition coefficient (Wildman–Crippen LogP) is 1.56. The number of hydrogen-bond donors (Lipinski definition) is 1. The molecule has 0 saturated heterocycles. The summed E-state index contributed by atoms with van der Waals surface area (Å²) in [6, 6.07) is 0.438. The van der Waals surface area contributed by atoms with Gasteiger partial charge in [0.15, 0.2) is 0 Å². The molecule has 0 heterocycles. The van der Waals surface area contributed by atoms with Gasteiger partial charge in [0.05, 0.1) is 0 Å². The van der Waals surface area contributed by atoms with Gasteiger partial charge in [-0.05, 0) is 0 Å². The summed E-state index contributed by atoms with van der Waals surface area (Å²) in [5.74, 6) is 1.29. The Labute approximate surface area is 78.7 Å². The maximum absolute atomic E-state index is 5.63. The van der Waals surface area contributed by atoms with Gasteiger partial charge >= 0.3 is 78.9 Å². The first-order chi connectivity index (χ1) is 4.77. The van der Waals surface area contributed by atoms with E-state index in [1.165, 1.54) is 20.4 Å². The van der Waals surface area contributed by atoms with Gasteiger partial charge in [-0.25, -0.2) is 0 Å². The summed E-state index contributed by atoms with van der Waals surface area (Å²) in [4.78, 5) is 0. The van der Waals surface area contributed by atoms with E-state index in [4.69, 9.17) is 5.73 Å². The number of hydrogen-bond acceptors (Lipinski definition) is 2. The normalized spacial score (nSPS) is 13.5. The van der Waals surface area contributed by atoms with Gasteiger partial charge in [0.25, 0.3) is 0 Å². The van der Waals surface area contributed by atoms with Crippen LogP contribution in [0.1, 0.15) is 20.3 Å². The topological polar surface area (TPSA) is 26.0 Å². The molecule has 0 aliphatic heterocycles. The van der Waals surface area contributed by atoms with Crippen molar-refractivity contribution in [3.63, 3.8) is 0 Å². The molecule has 10 heavy (non-hydrogen) atoms. The quantitative estimate of drug-likeness (QED) is 0.583. The number of rotatable bonds is 6. The van der Waals surface area contributed by atoms with Gasteiger partial charge in [-0.1, -0.05) is 0 Å². The fourth-order valence-corrected chi connectivity index (χ4v) is 7.17. The van der Waals surface area contributed by atoms with Crippen LogP contribution in [0, 0.1) is 0 Å². The average molecular weight is 266 g/mol.